The summed E-state index contributed by atoms with van der Waals surface area (Å²) in [6.45, 7) is 0.505. The van der Waals surface area contributed by atoms with Crippen LogP contribution in [0.25, 0.3) is 0 Å². The highest BCUT2D eigenvalue weighted by Gasteiger charge is 2.24. The Kier molecular flexibility index (Phi) is 6.28. The second kappa shape index (κ2) is 8.07. The van der Waals surface area contributed by atoms with Crippen LogP contribution in [0, 0.1) is 0 Å². The van der Waals surface area contributed by atoms with E-state index < -0.39 is 15.7 Å². The zero-order valence-electron chi connectivity index (χ0n) is 15.2. The standard InChI is InChI=1S/C18H22ClN3O3S/c1-21(2)12-22(3)16-7-5-6-15(17(16)26(4,24)25)18(23)20-14-10-8-13(19)9-11-14/h5-11H,12H2,1-4H3,(H,20,23). The first kappa shape index (κ1) is 20.2. The molecule has 2 aromatic carbocycles. The highest BCUT2D eigenvalue weighted by atomic mass is 35.5. The number of halogens is 1. The summed E-state index contributed by atoms with van der Waals surface area (Å²) >= 11 is 5.85. The zero-order chi connectivity index (χ0) is 19.5. The molecule has 6 nitrogen and oxygen atoms in total. The fourth-order valence-corrected chi connectivity index (χ4v) is 3.92. The first-order chi connectivity index (χ1) is 12.1. The minimum atomic E-state index is -3.63. The van der Waals surface area contributed by atoms with Crippen molar-refractivity contribution in [3.63, 3.8) is 0 Å². The van der Waals surface area contributed by atoms with Crippen LogP contribution in [-0.2, 0) is 9.84 Å². The molecule has 0 radical (unpaired) electrons. The first-order valence-corrected chi connectivity index (χ1v) is 10.1. The van der Waals surface area contributed by atoms with Gasteiger partial charge in [-0.3, -0.25) is 9.69 Å². The van der Waals surface area contributed by atoms with E-state index in [0.717, 1.165) is 6.26 Å². The molecule has 0 spiro atoms. The van der Waals surface area contributed by atoms with E-state index in [1.54, 1.807) is 48.3 Å². The molecule has 0 heterocycles. The van der Waals surface area contributed by atoms with Gasteiger partial charge in [0.15, 0.2) is 9.84 Å². The number of benzene rings is 2. The molecule has 1 N–H and O–H groups in total. The molecule has 0 unspecified atom stereocenters. The fourth-order valence-electron chi connectivity index (χ4n) is 2.63. The number of hydrogen-bond acceptors (Lipinski definition) is 5. The molecule has 1 amide bonds. The van der Waals surface area contributed by atoms with Crippen molar-refractivity contribution in [2.45, 2.75) is 4.90 Å². The van der Waals surface area contributed by atoms with Gasteiger partial charge in [0.25, 0.3) is 5.91 Å². The maximum absolute atomic E-state index is 12.7. The Balaban J connectivity index is 2.47. The summed E-state index contributed by atoms with van der Waals surface area (Å²) in [5, 5.41) is 3.26. The molecule has 0 aliphatic heterocycles. The number of carbonyl (C=O) groups is 1. The molecule has 0 aliphatic rings. The van der Waals surface area contributed by atoms with Crippen LogP contribution in [0.15, 0.2) is 47.4 Å². The summed E-state index contributed by atoms with van der Waals surface area (Å²) in [5.41, 5.74) is 1.11. The second-order valence-electron chi connectivity index (χ2n) is 6.31. The summed E-state index contributed by atoms with van der Waals surface area (Å²) in [4.78, 5) is 16.4. The third kappa shape index (κ3) is 4.97. The van der Waals surface area contributed by atoms with Crippen molar-refractivity contribution in [2.24, 2.45) is 0 Å². The Morgan fingerprint density at radius 3 is 2.23 bits per heavy atom. The van der Waals surface area contributed by atoms with E-state index in [-0.39, 0.29) is 10.5 Å². The smallest absolute Gasteiger partial charge is 0.257 e. The van der Waals surface area contributed by atoms with Crippen LogP contribution in [0.3, 0.4) is 0 Å². The fraction of sp³-hybridized carbons (Fsp3) is 0.278. The molecule has 0 saturated heterocycles. The van der Waals surface area contributed by atoms with Crippen molar-refractivity contribution in [3.8, 4) is 0 Å². The van der Waals surface area contributed by atoms with E-state index >= 15 is 0 Å². The minimum absolute atomic E-state index is 0.0100. The number of amides is 1. The number of anilines is 2. The molecule has 0 bridgehead atoms. The number of sulfone groups is 1. The van der Waals surface area contributed by atoms with E-state index in [0.29, 0.717) is 23.1 Å². The van der Waals surface area contributed by atoms with Gasteiger partial charge in [-0.1, -0.05) is 17.7 Å². The predicted octanol–water partition coefficient (Wildman–Crippen LogP) is 2.95. The first-order valence-electron chi connectivity index (χ1n) is 7.85. The molecule has 8 heteroatoms. The van der Waals surface area contributed by atoms with Crippen LogP contribution < -0.4 is 10.2 Å². The lowest BCUT2D eigenvalue weighted by atomic mass is 10.1. The van der Waals surface area contributed by atoms with Crippen molar-refractivity contribution >= 4 is 38.7 Å². The molecule has 26 heavy (non-hydrogen) atoms. The lowest BCUT2D eigenvalue weighted by molar-refractivity contribution is 0.102. The molecular formula is C18H22ClN3O3S. The molecule has 0 fully saturated rings. The number of rotatable bonds is 6. The van der Waals surface area contributed by atoms with Crippen LogP contribution in [0.1, 0.15) is 10.4 Å². The molecule has 0 aliphatic carbocycles. The van der Waals surface area contributed by atoms with E-state index in [1.807, 2.05) is 19.0 Å². The van der Waals surface area contributed by atoms with Crippen LogP contribution in [0.4, 0.5) is 11.4 Å². The van der Waals surface area contributed by atoms with Gasteiger partial charge in [-0.2, -0.15) is 0 Å². The summed E-state index contributed by atoms with van der Waals surface area (Å²) in [6, 6.07) is 11.5. The van der Waals surface area contributed by atoms with Crippen molar-refractivity contribution in [3.05, 3.63) is 53.1 Å². The van der Waals surface area contributed by atoms with Gasteiger partial charge in [0, 0.05) is 24.0 Å². The van der Waals surface area contributed by atoms with Crippen molar-refractivity contribution in [1.82, 2.24) is 4.90 Å². The third-order valence-corrected chi connectivity index (χ3v) is 5.04. The molecule has 2 aromatic rings. The van der Waals surface area contributed by atoms with E-state index in [9.17, 15) is 13.2 Å². The number of nitrogens with one attached hydrogen (secondary N) is 1. The molecule has 140 valence electrons. The average molecular weight is 396 g/mol. The van der Waals surface area contributed by atoms with E-state index in [4.69, 9.17) is 11.6 Å². The largest absolute Gasteiger partial charge is 0.361 e. The van der Waals surface area contributed by atoms with Gasteiger partial charge in [-0.05, 0) is 50.5 Å². The van der Waals surface area contributed by atoms with Crippen LogP contribution in [0.5, 0.6) is 0 Å². The SMILES string of the molecule is CN(C)CN(C)c1cccc(C(=O)Nc2ccc(Cl)cc2)c1S(C)(=O)=O. The summed E-state index contributed by atoms with van der Waals surface area (Å²) < 4.78 is 24.9. The van der Waals surface area contributed by atoms with Crippen LogP contribution in [0.2, 0.25) is 5.02 Å². The van der Waals surface area contributed by atoms with Crippen LogP contribution in [-0.4, -0.2) is 53.3 Å². The van der Waals surface area contributed by atoms with Gasteiger partial charge in [0.2, 0.25) is 0 Å². The Bertz CT molecular complexity index is 896. The molecular weight excluding hydrogens is 374 g/mol. The number of hydrogen-bond donors (Lipinski definition) is 1. The molecule has 0 saturated carbocycles. The quantitative estimate of drug-likeness (QED) is 0.761. The summed E-state index contributed by atoms with van der Waals surface area (Å²) in [7, 11) is 1.92. The van der Waals surface area contributed by atoms with Gasteiger partial charge in [0.1, 0.15) is 4.90 Å². The highest BCUT2D eigenvalue weighted by Crippen LogP contribution is 2.29. The van der Waals surface area contributed by atoms with Crippen molar-refractivity contribution in [2.75, 3.05) is 44.3 Å². The molecule has 0 aromatic heterocycles. The van der Waals surface area contributed by atoms with Gasteiger partial charge in [-0.25, -0.2) is 8.42 Å². The van der Waals surface area contributed by atoms with Crippen molar-refractivity contribution < 1.29 is 13.2 Å². The van der Waals surface area contributed by atoms with Crippen molar-refractivity contribution in [1.29, 1.82) is 0 Å². The Hall–Kier alpha value is -2.09. The second-order valence-corrected chi connectivity index (χ2v) is 8.70. The van der Waals surface area contributed by atoms with Gasteiger partial charge >= 0.3 is 0 Å². The third-order valence-electron chi connectivity index (χ3n) is 3.62. The van der Waals surface area contributed by atoms with Gasteiger partial charge < -0.3 is 10.2 Å². The summed E-state index contributed by atoms with van der Waals surface area (Å²) in [6.07, 6.45) is 1.11. The maximum Gasteiger partial charge on any atom is 0.257 e. The lowest BCUT2D eigenvalue weighted by Gasteiger charge is -2.26. The Morgan fingerprint density at radius 2 is 1.69 bits per heavy atom. The minimum Gasteiger partial charge on any atom is -0.361 e. The molecule has 2 rings (SSSR count). The Morgan fingerprint density at radius 1 is 1.08 bits per heavy atom. The maximum atomic E-state index is 12.7. The van der Waals surface area contributed by atoms with E-state index in [2.05, 4.69) is 5.32 Å². The predicted molar refractivity (Wildman–Crippen MR) is 106 cm³/mol. The highest BCUT2D eigenvalue weighted by molar-refractivity contribution is 7.91. The zero-order valence-corrected chi connectivity index (χ0v) is 16.7. The molecule has 0 atom stereocenters. The van der Waals surface area contributed by atoms with Gasteiger partial charge in [-0.15, -0.1) is 0 Å². The Labute approximate surface area is 159 Å². The monoisotopic (exact) mass is 395 g/mol. The van der Waals surface area contributed by atoms with E-state index in [1.165, 1.54) is 6.07 Å². The lowest BCUT2D eigenvalue weighted by Crippen LogP contribution is -2.31. The number of carbonyl (C=O) groups excluding carboxylic acids is 1. The number of nitrogens with zero attached hydrogens (tertiary/aromatic N) is 2. The summed E-state index contributed by atoms with van der Waals surface area (Å²) in [5.74, 6) is -0.493. The normalized spacial score (nSPS) is 11.5. The van der Waals surface area contributed by atoms with Crippen LogP contribution >= 0.6 is 11.6 Å². The average Bonchev–Trinajstić information content (AvgIpc) is 2.54. The van der Waals surface area contributed by atoms with Gasteiger partial charge in [0.05, 0.1) is 17.9 Å². The topological polar surface area (TPSA) is 69.7 Å².